The van der Waals surface area contributed by atoms with Crippen LogP contribution < -0.4 is 5.32 Å². The molecule has 136 valence electrons. The summed E-state index contributed by atoms with van der Waals surface area (Å²) in [7, 11) is 0. The molecule has 0 aliphatic heterocycles. The molecule has 1 aromatic carbocycles. The first-order valence-electron chi connectivity index (χ1n) is 8.17. The van der Waals surface area contributed by atoms with Gasteiger partial charge in [-0.05, 0) is 29.1 Å². The van der Waals surface area contributed by atoms with Crippen molar-refractivity contribution in [2.45, 2.75) is 11.3 Å². The number of thioether (sulfide) groups is 1. The van der Waals surface area contributed by atoms with Crippen molar-refractivity contribution >= 4 is 29.0 Å². The van der Waals surface area contributed by atoms with E-state index in [4.69, 9.17) is 8.83 Å². The van der Waals surface area contributed by atoms with Crippen LogP contribution in [0.5, 0.6) is 0 Å². The third-order valence-electron chi connectivity index (χ3n) is 3.73. The summed E-state index contributed by atoms with van der Waals surface area (Å²) < 4.78 is 10.7. The summed E-state index contributed by atoms with van der Waals surface area (Å²) in [5, 5.41) is 13.3. The standard InChI is InChI=1S/C19H15N3O3S2/c23-16(12-27-19-22-21-18(25-19)14-8-4-10-24-14)20-17(15-9-5-11-26-15)13-6-2-1-3-7-13/h1-11,17H,12H2,(H,20,23)/t17-/m0/s1. The lowest BCUT2D eigenvalue weighted by Gasteiger charge is -2.17. The first-order valence-corrected chi connectivity index (χ1v) is 10.0. The van der Waals surface area contributed by atoms with Crippen molar-refractivity contribution in [2.24, 2.45) is 0 Å². The van der Waals surface area contributed by atoms with Crippen LogP contribution in [0, 0.1) is 0 Å². The van der Waals surface area contributed by atoms with E-state index < -0.39 is 0 Å². The number of carbonyl (C=O) groups excluding carboxylic acids is 1. The van der Waals surface area contributed by atoms with Crippen molar-refractivity contribution < 1.29 is 13.6 Å². The molecule has 3 aromatic heterocycles. The van der Waals surface area contributed by atoms with Crippen LogP contribution in [0.15, 0.2) is 80.3 Å². The zero-order valence-electron chi connectivity index (χ0n) is 14.1. The maximum absolute atomic E-state index is 12.5. The predicted molar refractivity (Wildman–Crippen MR) is 103 cm³/mol. The minimum atomic E-state index is -0.180. The Kier molecular flexibility index (Phi) is 5.36. The molecule has 6 nitrogen and oxygen atoms in total. The number of nitrogens with zero attached hydrogens (tertiary/aromatic N) is 2. The molecule has 0 spiro atoms. The third kappa shape index (κ3) is 4.29. The molecule has 0 radical (unpaired) electrons. The van der Waals surface area contributed by atoms with E-state index in [0.29, 0.717) is 16.9 Å². The number of hydrogen-bond donors (Lipinski definition) is 1. The molecule has 0 unspecified atom stereocenters. The molecule has 27 heavy (non-hydrogen) atoms. The van der Waals surface area contributed by atoms with Crippen LogP contribution in [-0.4, -0.2) is 21.9 Å². The lowest BCUT2D eigenvalue weighted by molar-refractivity contribution is -0.119. The highest BCUT2D eigenvalue weighted by molar-refractivity contribution is 7.99. The molecule has 3 heterocycles. The van der Waals surface area contributed by atoms with Gasteiger partial charge in [0.05, 0.1) is 18.1 Å². The van der Waals surface area contributed by atoms with Gasteiger partial charge < -0.3 is 14.2 Å². The number of rotatable bonds is 7. The fraction of sp³-hybridized carbons (Fsp3) is 0.105. The Bertz CT molecular complexity index is 983. The number of nitrogens with one attached hydrogen (secondary N) is 1. The van der Waals surface area contributed by atoms with E-state index in [1.165, 1.54) is 18.0 Å². The summed E-state index contributed by atoms with van der Waals surface area (Å²) in [6, 6.07) is 17.2. The second-order valence-electron chi connectivity index (χ2n) is 5.57. The van der Waals surface area contributed by atoms with Crippen LogP contribution in [0.1, 0.15) is 16.5 Å². The van der Waals surface area contributed by atoms with Crippen LogP contribution in [0.3, 0.4) is 0 Å². The molecule has 0 saturated heterocycles. The average Bonchev–Trinajstić information content (AvgIpc) is 3.47. The highest BCUT2D eigenvalue weighted by Crippen LogP contribution is 2.27. The molecular weight excluding hydrogens is 382 g/mol. The van der Waals surface area contributed by atoms with Gasteiger partial charge in [0.1, 0.15) is 0 Å². The highest BCUT2D eigenvalue weighted by atomic mass is 32.2. The zero-order chi connectivity index (χ0) is 18.5. The fourth-order valence-corrected chi connectivity index (χ4v) is 3.89. The summed E-state index contributed by atoms with van der Waals surface area (Å²) in [5.74, 6) is 0.860. The molecule has 8 heteroatoms. The number of thiophene rings is 1. The normalized spacial score (nSPS) is 12.0. The van der Waals surface area contributed by atoms with E-state index in [-0.39, 0.29) is 17.7 Å². The van der Waals surface area contributed by atoms with Gasteiger partial charge in [-0.25, -0.2) is 0 Å². The Hall–Kier alpha value is -2.84. The number of amides is 1. The minimum absolute atomic E-state index is 0.111. The van der Waals surface area contributed by atoms with E-state index in [1.807, 2.05) is 47.8 Å². The number of aromatic nitrogens is 2. The van der Waals surface area contributed by atoms with Crippen molar-refractivity contribution in [3.05, 3.63) is 76.7 Å². The molecule has 4 rings (SSSR count). The zero-order valence-corrected chi connectivity index (χ0v) is 15.7. The van der Waals surface area contributed by atoms with Gasteiger partial charge >= 0.3 is 0 Å². The van der Waals surface area contributed by atoms with Crippen molar-refractivity contribution in [3.63, 3.8) is 0 Å². The van der Waals surface area contributed by atoms with Crippen molar-refractivity contribution in [3.8, 4) is 11.7 Å². The smallest absolute Gasteiger partial charge is 0.284 e. The SMILES string of the molecule is O=C(CSc1nnc(-c2ccco2)o1)N[C@@H](c1ccccc1)c1cccs1. The van der Waals surface area contributed by atoms with Gasteiger partial charge in [-0.3, -0.25) is 4.79 Å². The highest BCUT2D eigenvalue weighted by Gasteiger charge is 2.19. The van der Waals surface area contributed by atoms with Crippen molar-refractivity contribution in [2.75, 3.05) is 5.75 Å². The van der Waals surface area contributed by atoms with Gasteiger partial charge in [-0.1, -0.05) is 48.2 Å². The van der Waals surface area contributed by atoms with Gasteiger partial charge in [0, 0.05) is 4.88 Å². The van der Waals surface area contributed by atoms with Crippen LogP contribution >= 0.6 is 23.1 Å². The van der Waals surface area contributed by atoms with E-state index in [1.54, 1.807) is 23.5 Å². The molecule has 4 aromatic rings. The first kappa shape index (κ1) is 17.6. The third-order valence-corrected chi connectivity index (χ3v) is 5.49. The topological polar surface area (TPSA) is 81.2 Å². The Morgan fingerprint density at radius 1 is 1.11 bits per heavy atom. The van der Waals surface area contributed by atoms with Gasteiger partial charge in [0.2, 0.25) is 5.91 Å². The Morgan fingerprint density at radius 2 is 2.00 bits per heavy atom. The molecule has 1 atom stereocenters. The second-order valence-corrected chi connectivity index (χ2v) is 7.47. The molecule has 0 aliphatic rings. The van der Waals surface area contributed by atoms with E-state index >= 15 is 0 Å². The Balaban J connectivity index is 1.40. The minimum Gasteiger partial charge on any atom is -0.459 e. The van der Waals surface area contributed by atoms with Gasteiger partial charge in [0.15, 0.2) is 5.76 Å². The monoisotopic (exact) mass is 397 g/mol. The molecule has 0 bridgehead atoms. The summed E-state index contributed by atoms with van der Waals surface area (Å²) >= 11 is 2.80. The Morgan fingerprint density at radius 3 is 2.74 bits per heavy atom. The van der Waals surface area contributed by atoms with Crippen LogP contribution in [0.4, 0.5) is 0 Å². The molecule has 0 aliphatic carbocycles. The molecule has 0 fully saturated rings. The second kappa shape index (κ2) is 8.24. The van der Waals surface area contributed by atoms with Gasteiger partial charge in [0.25, 0.3) is 11.1 Å². The maximum Gasteiger partial charge on any atom is 0.284 e. The lowest BCUT2D eigenvalue weighted by Crippen LogP contribution is -2.30. The summed E-state index contributed by atoms with van der Waals surface area (Å²) in [5.41, 5.74) is 1.04. The van der Waals surface area contributed by atoms with Crippen molar-refractivity contribution in [1.29, 1.82) is 0 Å². The van der Waals surface area contributed by atoms with Crippen LogP contribution in [0.2, 0.25) is 0 Å². The van der Waals surface area contributed by atoms with E-state index in [2.05, 4.69) is 15.5 Å². The number of hydrogen-bond acceptors (Lipinski definition) is 7. The van der Waals surface area contributed by atoms with Crippen LogP contribution in [0.25, 0.3) is 11.7 Å². The quantitative estimate of drug-likeness (QED) is 0.466. The lowest BCUT2D eigenvalue weighted by atomic mass is 10.1. The number of carbonyl (C=O) groups is 1. The van der Waals surface area contributed by atoms with Crippen LogP contribution in [-0.2, 0) is 4.79 Å². The molecule has 1 amide bonds. The largest absolute Gasteiger partial charge is 0.459 e. The van der Waals surface area contributed by atoms with E-state index in [0.717, 1.165) is 10.4 Å². The molecule has 0 saturated carbocycles. The fourth-order valence-electron chi connectivity index (χ4n) is 2.52. The molecule has 1 N–H and O–H groups in total. The van der Waals surface area contributed by atoms with Gasteiger partial charge in [-0.15, -0.1) is 21.5 Å². The number of benzene rings is 1. The van der Waals surface area contributed by atoms with Gasteiger partial charge in [-0.2, -0.15) is 0 Å². The molecular formula is C19H15N3O3S2. The van der Waals surface area contributed by atoms with Crippen molar-refractivity contribution in [1.82, 2.24) is 15.5 Å². The predicted octanol–water partition coefficient (Wildman–Crippen LogP) is 4.39. The summed E-state index contributed by atoms with van der Waals surface area (Å²) in [6.07, 6.45) is 1.54. The first-order chi connectivity index (χ1) is 13.3. The number of furan rings is 1. The summed E-state index contributed by atoms with van der Waals surface area (Å²) in [6.45, 7) is 0. The maximum atomic E-state index is 12.5. The average molecular weight is 397 g/mol. The summed E-state index contributed by atoms with van der Waals surface area (Å²) in [4.78, 5) is 13.6. The van der Waals surface area contributed by atoms with E-state index in [9.17, 15) is 4.79 Å². The Labute approximate surface area is 163 Å².